The fraction of sp³-hybridized carbons (Fsp3) is 0.308. The SMILES string of the molecule is COC(=O)c1cccc(CN2CCN(c3nc4ccc(Cl)cc4s3)CC2)c1.OCc1cccc(CN2CCN(c3nc4ccc(Cl)cc4s3)CC2)c1. The predicted octanol–water partition coefficient (Wildman–Crippen LogP) is 7.82. The number of halogens is 2. The molecular formula is C39H40Cl2N6O3S2. The molecule has 0 aliphatic carbocycles. The largest absolute Gasteiger partial charge is 0.465 e. The lowest BCUT2D eigenvalue weighted by Crippen LogP contribution is -2.45. The van der Waals surface area contributed by atoms with E-state index < -0.39 is 0 Å². The molecule has 52 heavy (non-hydrogen) atoms. The van der Waals surface area contributed by atoms with Gasteiger partial charge in [0.2, 0.25) is 0 Å². The van der Waals surface area contributed by atoms with Gasteiger partial charge in [-0.3, -0.25) is 9.80 Å². The zero-order valence-corrected chi connectivity index (χ0v) is 32.0. The number of benzene rings is 4. The van der Waals surface area contributed by atoms with Gasteiger partial charge in [-0.15, -0.1) is 0 Å². The zero-order valence-electron chi connectivity index (χ0n) is 28.9. The number of aliphatic hydroxyl groups excluding tert-OH is 1. The first-order chi connectivity index (χ1) is 25.3. The fourth-order valence-electron chi connectivity index (χ4n) is 6.49. The molecule has 13 heteroatoms. The molecule has 2 aliphatic rings. The summed E-state index contributed by atoms with van der Waals surface area (Å²) < 4.78 is 7.07. The number of esters is 1. The van der Waals surface area contributed by atoms with Crippen LogP contribution in [0.4, 0.5) is 10.3 Å². The molecule has 0 bridgehead atoms. The Morgan fingerprint density at radius 2 is 1.15 bits per heavy atom. The summed E-state index contributed by atoms with van der Waals surface area (Å²) in [5.74, 6) is -0.294. The van der Waals surface area contributed by atoms with E-state index in [1.807, 2.05) is 60.7 Å². The Kier molecular flexibility index (Phi) is 11.9. The van der Waals surface area contributed by atoms with Gasteiger partial charge in [0, 0.05) is 75.5 Å². The number of aromatic nitrogens is 2. The Hall–Kier alpha value is -3.81. The van der Waals surface area contributed by atoms with Gasteiger partial charge in [-0.2, -0.15) is 0 Å². The first-order valence-electron chi connectivity index (χ1n) is 17.3. The number of aliphatic hydroxyl groups is 1. The van der Waals surface area contributed by atoms with Crippen molar-refractivity contribution in [2.75, 3.05) is 69.3 Å². The van der Waals surface area contributed by atoms with Crippen molar-refractivity contribution < 1.29 is 14.6 Å². The lowest BCUT2D eigenvalue weighted by molar-refractivity contribution is 0.0600. The average molecular weight is 776 g/mol. The molecule has 2 aromatic heterocycles. The van der Waals surface area contributed by atoms with Crippen LogP contribution in [-0.4, -0.2) is 90.3 Å². The average Bonchev–Trinajstić information content (AvgIpc) is 3.79. The van der Waals surface area contributed by atoms with Gasteiger partial charge in [0.25, 0.3) is 0 Å². The second kappa shape index (κ2) is 16.9. The number of thiazole rings is 2. The normalized spacial score (nSPS) is 15.5. The summed E-state index contributed by atoms with van der Waals surface area (Å²) in [6.45, 7) is 9.63. The summed E-state index contributed by atoms with van der Waals surface area (Å²) in [5.41, 5.74) is 5.98. The molecule has 4 aromatic carbocycles. The number of hydrogen-bond acceptors (Lipinski definition) is 11. The molecule has 0 radical (unpaired) electrons. The van der Waals surface area contributed by atoms with Gasteiger partial charge in [-0.25, -0.2) is 14.8 Å². The van der Waals surface area contributed by atoms with E-state index in [-0.39, 0.29) is 12.6 Å². The third-order valence-corrected chi connectivity index (χ3v) is 11.9. The third kappa shape index (κ3) is 9.03. The number of methoxy groups -OCH3 is 1. The topological polar surface area (TPSA) is 85.3 Å². The predicted molar refractivity (Wildman–Crippen MR) is 214 cm³/mol. The Bertz CT molecular complexity index is 2140. The number of anilines is 2. The van der Waals surface area contributed by atoms with E-state index in [9.17, 15) is 9.90 Å². The summed E-state index contributed by atoms with van der Waals surface area (Å²) in [6.07, 6.45) is 0. The molecule has 1 N–H and O–H groups in total. The van der Waals surface area contributed by atoms with E-state index in [1.54, 1.807) is 28.7 Å². The van der Waals surface area contributed by atoms with E-state index in [1.165, 1.54) is 12.7 Å². The maximum atomic E-state index is 11.7. The van der Waals surface area contributed by atoms with Gasteiger partial charge in [0.05, 0.1) is 39.7 Å². The number of carbonyl (C=O) groups excluding carboxylic acids is 1. The molecule has 8 rings (SSSR count). The molecule has 0 amide bonds. The Labute approximate surface area is 321 Å². The van der Waals surface area contributed by atoms with Crippen molar-refractivity contribution >= 4 is 82.5 Å². The van der Waals surface area contributed by atoms with Gasteiger partial charge >= 0.3 is 5.97 Å². The Balaban J connectivity index is 0.000000162. The van der Waals surface area contributed by atoms with Crippen LogP contribution < -0.4 is 9.80 Å². The molecule has 9 nitrogen and oxygen atoms in total. The van der Waals surface area contributed by atoms with Gasteiger partial charge in [0.15, 0.2) is 10.3 Å². The minimum absolute atomic E-state index is 0.100. The lowest BCUT2D eigenvalue weighted by atomic mass is 10.1. The summed E-state index contributed by atoms with van der Waals surface area (Å²) in [5, 5.41) is 12.9. The molecule has 0 unspecified atom stereocenters. The van der Waals surface area contributed by atoms with E-state index in [2.05, 4.69) is 37.8 Å². The van der Waals surface area contributed by atoms with Gasteiger partial charge < -0.3 is 19.6 Å². The van der Waals surface area contributed by atoms with Gasteiger partial charge in [0.1, 0.15) is 0 Å². The number of rotatable bonds is 8. The molecule has 0 spiro atoms. The van der Waals surface area contributed by atoms with Crippen molar-refractivity contribution in [3.63, 3.8) is 0 Å². The van der Waals surface area contributed by atoms with E-state index >= 15 is 0 Å². The van der Waals surface area contributed by atoms with Crippen LogP contribution in [-0.2, 0) is 24.4 Å². The van der Waals surface area contributed by atoms with E-state index in [0.29, 0.717) is 5.56 Å². The smallest absolute Gasteiger partial charge is 0.337 e. The molecule has 2 saturated heterocycles. The van der Waals surface area contributed by atoms with Crippen molar-refractivity contribution in [3.05, 3.63) is 117 Å². The molecule has 2 fully saturated rings. The fourth-order valence-corrected chi connectivity index (χ4v) is 9.08. The Morgan fingerprint density at radius 3 is 1.65 bits per heavy atom. The minimum atomic E-state index is -0.294. The first kappa shape index (κ1) is 36.5. The van der Waals surface area contributed by atoms with Crippen LogP contribution in [0.3, 0.4) is 0 Å². The van der Waals surface area contributed by atoms with Crippen LogP contribution >= 0.6 is 45.9 Å². The second-order valence-corrected chi connectivity index (χ2v) is 15.8. The van der Waals surface area contributed by atoms with Crippen LogP contribution in [0.25, 0.3) is 20.4 Å². The molecule has 270 valence electrons. The van der Waals surface area contributed by atoms with Crippen molar-refractivity contribution in [1.82, 2.24) is 19.8 Å². The summed E-state index contributed by atoms with van der Waals surface area (Å²) in [7, 11) is 1.41. The highest BCUT2D eigenvalue weighted by Crippen LogP contribution is 2.32. The van der Waals surface area contributed by atoms with Crippen molar-refractivity contribution in [3.8, 4) is 0 Å². The van der Waals surface area contributed by atoms with Crippen LogP contribution in [0.2, 0.25) is 10.0 Å². The highest BCUT2D eigenvalue weighted by Gasteiger charge is 2.22. The maximum absolute atomic E-state index is 11.7. The zero-order chi connectivity index (χ0) is 36.0. The molecule has 0 atom stereocenters. The lowest BCUT2D eigenvalue weighted by Gasteiger charge is -2.34. The summed E-state index contributed by atoms with van der Waals surface area (Å²) >= 11 is 15.6. The number of piperazine rings is 2. The Morgan fingerprint density at radius 1 is 0.673 bits per heavy atom. The second-order valence-electron chi connectivity index (χ2n) is 12.9. The van der Waals surface area contributed by atoms with Crippen LogP contribution in [0, 0.1) is 0 Å². The number of nitrogens with zero attached hydrogens (tertiary/aromatic N) is 6. The van der Waals surface area contributed by atoms with Crippen molar-refractivity contribution in [2.45, 2.75) is 19.7 Å². The summed E-state index contributed by atoms with van der Waals surface area (Å²) in [6, 6.07) is 27.5. The molecular weight excluding hydrogens is 736 g/mol. The molecule has 0 saturated carbocycles. The van der Waals surface area contributed by atoms with Gasteiger partial charge in [-0.1, -0.05) is 82.3 Å². The first-order valence-corrected chi connectivity index (χ1v) is 19.6. The van der Waals surface area contributed by atoms with E-state index in [0.717, 1.165) is 117 Å². The monoisotopic (exact) mass is 774 g/mol. The summed E-state index contributed by atoms with van der Waals surface area (Å²) in [4.78, 5) is 30.7. The third-order valence-electron chi connectivity index (χ3n) is 9.30. The van der Waals surface area contributed by atoms with Crippen LogP contribution in [0.1, 0.15) is 27.0 Å². The number of ether oxygens (including phenoxy) is 1. The molecule has 4 heterocycles. The van der Waals surface area contributed by atoms with Crippen molar-refractivity contribution in [1.29, 1.82) is 0 Å². The number of carbonyl (C=O) groups is 1. The highest BCUT2D eigenvalue weighted by atomic mass is 35.5. The van der Waals surface area contributed by atoms with E-state index in [4.69, 9.17) is 37.9 Å². The molecule has 2 aliphatic heterocycles. The van der Waals surface area contributed by atoms with Crippen LogP contribution in [0.15, 0.2) is 84.9 Å². The van der Waals surface area contributed by atoms with Crippen molar-refractivity contribution in [2.24, 2.45) is 0 Å². The van der Waals surface area contributed by atoms with Gasteiger partial charge in [-0.05, 0) is 65.2 Å². The highest BCUT2D eigenvalue weighted by molar-refractivity contribution is 7.22. The number of hydrogen-bond donors (Lipinski definition) is 1. The quantitative estimate of drug-likeness (QED) is 0.156. The molecule has 6 aromatic rings. The van der Waals surface area contributed by atoms with Crippen LogP contribution in [0.5, 0.6) is 0 Å². The standard InChI is InChI=1S/C20H20ClN3O2S.C19H20ClN3OS/c1-26-19(25)15-4-2-3-14(11-15)13-23-7-9-24(10-8-23)20-22-17-6-5-16(21)12-18(17)27-20;20-16-4-5-17-18(11-16)25-19(21-17)23-8-6-22(7-9-23)12-14-2-1-3-15(10-14)13-24/h2-6,11-12H,7-10,13H2,1H3;1-5,10-11,24H,6-9,12-13H2. The maximum Gasteiger partial charge on any atom is 0.337 e. The minimum Gasteiger partial charge on any atom is -0.465 e. The number of fused-ring (bicyclic) bond motifs is 2.